The highest BCUT2D eigenvalue weighted by Gasteiger charge is 2.17. The van der Waals surface area contributed by atoms with Crippen LogP contribution in [0.5, 0.6) is 0 Å². The maximum Gasteiger partial charge on any atom is 0.156 e. The number of hydrogen-bond donors (Lipinski definition) is 1. The van der Waals surface area contributed by atoms with Crippen molar-refractivity contribution in [3.05, 3.63) is 24.1 Å². The van der Waals surface area contributed by atoms with Gasteiger partial charge in [0.1, 0.15) is 5.69 Å². The van der Waals surface area contributed by atoms with E-state index in [1.807, 2.05) is 11.7 Å². The molecule has 0 saturated carbocycles. The first-order valence-electron chi connectivity index (χ1n) is 5.61. The van der Waals surface area contributed by atoms with E-state index in [2.05, 4.69) is 25.2 Å². The lowest BCUT2D eigenvalue weighted by molar-refractivity contribution is 0.585. The van der Waals surface area contributed by atoms with Crippen molar-refractivity contribution < 1.29 is 0 Å². The average molecular weight is 247 g/mol. The van der Waals surface area contributed by atoms with Crippen molar-refractivity contribution in [2.24, 2.45) is 0 Å². The topological polar surface area (TPSA) is 53.9 Å². The maximum absolute atomic E-state index is 4.47. The number of aromatic nitrogens is 3. The van der Waals surface area contributed by atoms with E-state index in [4.69, 9.17) is 0 Å². The molecule has 0 aliphatic carbocycles. The summed E-state index contributed by atoms with van der Waals surface area (Å²) in [6, 6.07) is 0. The zero-order valence-corrected chi connectivity index (χ0v) is 10.2. The van der Waals surface area contributed by atoms with Crippen molar-refractivity contribution in [1.82, 2.24) is 20.3 Å². The molecule has 3 heterocycles. The van der Waals surface area contributed by atoms with Gasteiger partial charge in [-0.3, -0.25) is 4.98 Å². The van der Waals surface area contributed by atoms with E-state index in [1.54, 1.807) is 23.7 Å². The van der Waals surface area contributed by atoms with Gasteiger partial charge in [0.25, 0.3) is 0 Å². The van der Waals surface area contributed by atoms with Gasteiger partial charge < -0.3 is 10.2 Å². The molecule has 1 fully saturated rings. The van der Waals surface area contributed by atoms with Gasteiger partial charge in [0.15, 0.2) is 5.82 Å². The van der Waals surface area contributed by atoms with Crippen LogP contribution >= 0.6 is 11.3 Å². The van der Waals surface area contributed by atoms with Crippen LogP contribution in [0.1, 0.15) is 0 Å². The maximum atomic E-state index is 4.47. The normalized spacial score (nSPS) is 16.1. The minimum absolute atomic E-state index is 0.942. The van der Waals surface area contributed by atoms with Crippen molar-refractivity contribution in [3.63, 3.8) is 0 Å². The number of anilines is 1. The Morgan fingerprint density at radius 2 is 2.00 bits per heavy atom. The zero-order valence-electron chi connectivity index (χ0n) is 9.33. The second kappa shape index (κ2) is 4.77. The highest BCUT2D eigenvalue weighted by Crippen LogP contribution is 2.29. The van der Waals surface area contributed by atoms with Crippen LogP contribution in [-0.2, 0) is 0 Å². The molecular formula is C11H13N5S. The molecule has 6 heteroatoms. The van der Waals surface area contributed by atoms with Crippen LogP contribution in [0.4, 0.5) is 5.82 Å². The molecule has 1 N–H and O–H groups in total. The minimum Gasteiger partial charge on any atom is -0.352 e. The van der Waals surface area contributed by atoms with Gasteiger partial charge in [-0.05, 0) is 0 Å². The summed E-state index contributed by atoms with van der Waals surface area (Å²) in [6.45, 7) is 3.95. The summed E-state index contributed by atoms with van der Waals surface area (Å²) in [5.41, 5.74) is 2.77. The van der Waals surface area contributed by atoms with Crippen LogP contribution in [0.25, 0.3) is 10.6 Å². The second-order valence-electron chi connectivity index (χ2n) is 3.83. The fourth-order valence-corrected chi connectivity index (χ4v) is 2.56. The van der Waals surface area contributed by atoms with Crippen LogP contribution in [0, 0.1) is 0 Å². The lowest BCUT2D eigenvalue weighted by Crippen LogP contribution is -2.44. The average Bonchev–Trinajstić information content (AvgIpc) is 2.94. The van der Waals surface area contributed by atoms with Gasteiger partial charge in [-0.25, -0.2) is 9.97 Å². The van der Waals surface area contributed by atoms with E-state index < -0.39 is 0 Å². The quantitative estimate of drug-likeness (QED) is 0.858. The van der Waals surface area contributed by atoms with Crippen molar-refractivity contribution in [1.29, 1.82) is 0 Å². The number of nitrogens with one attached hydrogen (secondary N) is 1. The fourth-order valence-electron chi connectivity index (χ4n) is 1.95. The largest absolute Gasteiger partial charge is 0.352 e. The first kappa shape index (κ1) is 10.6. The summed E-state index contributed by atoms with van der Waals surface area (Å²) >= 11 is 1.60. The Labute approximate surface area is 104 Å². The Kier molecular flexibility index (Phi) is 2.98. The first-order valence-corrected chi connectivity index (χ1v) is 6.48. The lowest BCUT2D eigenvalue weighted by atomic mass is 10.3. The molecule has 88 valence electrons. The smallest absolute Gasteiger partial charge is 0.156 e. The number of nitrogens with zero attached hydrogens (tertiary/aromatic N) is 4. The van der Waals surface area contributed by atoms with E-state index in [9.17, 15) is 0 Å². The lowest BCUT2D eigenvalue weighted by Gasteiger charge is -2.29. The molecule has 0 unspecified atom stereocenters. The molecular weight excluding hydrogens is 234 g/mol. The van der Waals surface area contributed by atoms with Crippen molar-refractivity contribution in [2.75, 3.05) is 31.1 Å². The summed E-state index contributed by atoms with van der Waals surface area (Å²) in [4.78, 5) is 16.4. The third-order valence-corrected chi connectivity index (χ3v) is 3.54. The Morgan fingerprint density at radius 3 is 2.76 bits per heavy atom. The van der Waals surface area contributed by atoms with Gasteiger partial charge in [0.05, 0.1) is 10.4 Å². The Hall–Kier alpha value is -1.53. The van der Waals surface area contributed by atoms with Gasteiger partial charge in [-0.2, -0.15) is 0 Å². The van der Waals surface area contributed by atoms with Crippen molar-refractivity contribution >= 4 is 17.2 Å². The molecule has 1 saturated heterocycles. The van der Waals surface area contributed by atoms with Gasteiger partial charge >= 0.3 is 0 Å². The van der Waals surface area contributed by atoms with Gasteiger partial charge in [-0.1, -0.05) is 0 Å². The standard InChI is InChI=1S/C11H13N5S/c1-2-15-11(16-5-3-12-4-6-16)10(14-1)9-7-13-8-17-9/h1-2,7-8,12H,3-6H2. The predicted octanol–water partition coefficient (Wildman–Crippen LogP) is 1.01. The molecule has 5 nitrogen and oxygen atoms in total. The van der Waals surface area contributed by atoms with Gasteiger partial charge in [0, 0.05) is 44.8 Å². The summed E-state index contributed by atoms with van der Waals surface area (Å²) in [5, 5.41) is 3.34. The van der Waals surface area contributed by atoms with E-state index in [0.717, 1.165) is 42.6 Å². The highest BCUT2D eigenvalue weighted by atomic mass is 32.1. The third kappa shape index (κ3) is 2.13. The molecule has 2 aromatic heterocycles. The molecule has 0 radical (unpaired) electrons. The molecule has 0 bridgehead atoms. The van der Waals surface area contributed by atoms with Crippen molar-refractivity contribution in [2.45, 2.75) is 0 Å². The SMILES string of the molecule is c1cnc(N2CCNCC2)c(-c2cncs2)n1. The van der Waals surface area contributed by atoms with Crippen LogP contribution in [-0.4, -0.2) is 41.1 Å². The third-order valence-electron chi connectivity index (χ3n) is 2.76. The molecule has 0 atom stereocenters. The second-order valence-corrected chi connectivity index (χ2v) is 4.72. The van der Waals surface area contributed by atoms with Gasteiger partial charge in [-0.15, -0.1) is 11.3 Å². The molecule has 0 aromatic carbocycles. The van der Waals surface area contributed by atoms with E-state index in [-0.39, 0.29) is 0 Å². The molecule has 1 aliphatic rings. The monoisotopic (exact) mass is 247 g/mol. The molecule has 1 aliphatic heterocycles. The van der Waals surface area contributed by atoms with E-state index in [1.165, 1.54) is 0 Å². The summed E-state index contributed by atoms with van der Waals surface area (Å²) in [7, 11) is 0. The summed E-state index contributed by atoms with van der Waals surface area (Å²) in [6.07, 6.45) is 5.34. The van der Waals surface area contributed by atoms with E-state index in [0.29, 0.717) is 0 Å². The number of thiazole rings is 1. The number of rotatable bonds is 2. The number of piperazine rings is 1. The van der Waals surface area contributed by atoms with Crippen LogP contribution in [0.2, 0.25) is 0 Å². The Balaban J connectivity index is 1.98. The molecule has 0 spiro atoms. The molecule has 3 rings (SSSR count). The Bertz CT molecular complexity index is 478. The zero-order chi connectivity index (χ0) is 11.5. The molecule has 0 amide bonds. The predicted molar refractivity (Wildman–Crippen MR) is 68.2 cm³/mol. The number of hydrogen-bond acceptors (Lipinski definition) is 6. The van der Waals surface area contributed by atoms with Crippen LogP contribution < -0.4 is 10.2 Å². The van der Waals surface area contributed by atoms with Gasteiger partial charge in [0.2, 0.25) is 0 Å². The first-order chi connectivity index (χ1) is 8.45. The van der Waals surface area contributed by atoms with E-state index >= 15 is 0 Å². The molecule has 17 heavy (non-hydrogen) atoms. The van der Waals surface area contributed by atoms with Crippen molar-refractivity contribution in [3.8, 4) is 10.6 Å². The summed E-state index contributed by atoms with van der Waals surface area (Å²) < 4.78 is 0. The Morgan fingerprint density at radius 1 is 1.18 bits per heavy atom. The van der Waals surface area contributed by atoms with Crippen LogP contribution in [0.15, 0.2) is 24.1 Å². The minimum atomic E-state index is 0.942. The summed E-state index contributed by atoms with van der Waals surface area (Å²) in [5.74, 6) is 0.971. The fraction of sp³-hybridized carbons (Fsp3) is 0.364. The molecule has 2 aromatic rings. The highest BCUT2D eigenvalue weighted by molar-refractivity contribution is 7.13. The van der Waals surface area contributed by atoms with Crippen LogP contribution in [0.3, 0.4) is 0 Å².